The highest BCUT2D eigenvalue weighted by Crippen LogP contribution is 2.40. The number of halogens is 6. The van der Waals surface area contributed by atoms with Gasteiger partial charge in [-0.2, -0.15) is 26.3 Å². The van der Waals surface area contributed by atoms with E-state index in [4.69, 9.17) is 19.9 Å². The fourth-order valence-corrected chi connectivity index (χ4v) is 5.03. The van der Waals surface area contributed by atoms with Gasteiger partial charge in [0.25, 0.3) is 0 Å². The first-order chi connectivity index (χ1) is 20.2. The monoisotopic (exact) mass is 624 g/mol. The molecule has 15 heteroatoms. The van der Waals surface area contributed by atoms with Crippen LogP contribution in [-0.2, 0) is 22.2 Å². The van der Waals surface area contributed by atoms with E-state index in [1.165, 1.54) is 0 Å². The molecular formula is C28H18F6N2O6S. The maximum absolute atomic E-state index is 13.4. The van der Waals surface area contributed by atoms with Gasteiger partial charge in [0.15, 0.2) is 0 Å². The number of nitrogens with zero attached hydrogens (tertiary/aromatic N) is 2. The maximum atomic E-state index is 13.4. The molecule has 0 atom stereocenters. The van der Waals surface area contributed by atoms with E-state index in [2.05, 4.69) is 10.3 Å². The topological polar surface area (TPSA) is 118 Å². The first-order valence-electron chi connectivity index (χ1n) is 11.8. The maximum Gasteiger partial charge on any atom is 0.419 e. The standard InChI is InChI=1S/C28H18F6N2O6S/c29-27(30,31)23-11-1-17(15-35-37)13-25(23)41-19-3-7-21(8-4-19)43(39,40)22-9-5-20(6-10-22)42-26-14-18(16-36-38)2-12-24(26)28(32,33)34/h1-16,37-38H/b35-15+,36-16+. The molecule has 0 saturated heterocycles. The van der Waals surface area contributed by atoms with Crippen LogP contribution in [0.2, 0.25) is 0 Å². The number of benzene rings is 4. The van der Waals surface area contributed by atoms with E-state index in [0.29, 0.717) is 0 Å². The highest BCUT2D eigenvalue weighted by molar-refractivity contribution is 7.91. The van der Waals surface area contributed by atoms with Crippen LogP contribution in [0.4, 0.5) is 26.3 Å². The zero-order valence-electron chi connectivity index (χ0n) is 21.3. The third kappa shape index (κ3) is 7.24. The number of hydrogen-bond acceptors (Lipinski definition) is 8. The fourth-order valence-electron chi connectivity index (χ4n) is 3.77. The molecular weight excluding hydrogens is 606 g/mol. The molecule has 0 aromatic heterocycles. The number of ether oxygens (including phenoxy) is 2. The van der Waals surface area contributed by atoms with E-state index in [0.717, 1.165) is 97.4 Å². The molecule has 8 nitrogen and oxygen atoms in total. The largest absolute Gasteiger partial charge is 0.457 e. The van der Waals surface area contributed by atoms with Crippen molar-refractivity contribution in [3.8, 4) is 23.0 Å². The quantitative estimate of drug-likeness (QED) is 0.0896. The average molecular weight is 625 g/mol. The summed E-state index contributed by atoms with van der Waals surface area (Å²) in [6, 6.07) is 14.6. The SMILES string of the molecule is O=S(=O)(c1ccc(Oc2cc(/C=N/O)ccc2C(F)(F)F)cc1)c1ccc(Oc2cc(/C=N/O)ccc2C(F)(F)F)cc1. The van der Waals surface area contributed by atoms with Gasteiger partial charge in [-0.15, -0.1) is 0 Å². The first-order valence-corrected chi connectivity index (χ1v) is 13.3. The minimum atomic E-state index is -4.77. The number of hydrogen-bond donors (Lipinski definition) is 2. The Kier molecular flexibility index (Phi) is 8.66. The summed E-state index contributed by atoms with van der Waals surface area (Å²) in [4.78, 5) is -0.498. The summed E-state index contributed by atoms with van der Waals surface area (Å²) in [6.45, 7) is 0. The molecule has 0 aliphatic heterocycles. The highest BCUT2D eigenvalue weighted by atomic mass is 32.2. The first kappa shape index (κ1) is 30.9. The molecule has 0 aliphatic carbocycles. The van der Waals surface area contributed by atoms with Gasteiger partial charge >= 0.3 is 12.4 Å². The lowest BCUT2D eigenvalue weighted by Gasteiger charge is -2.15. The van der Waals surface area contributed by atoms with Crippen LogP contribution < -0.4 is 9.47 Å². The van der Waals surface area contributed by atoms with Crippen molar-refractivity contribution in [3.63, 3.8) is 0 Å². The van der Waals surface area contributed by atoms with E-state index >= 15 is 0 Å². The molecule has 0 amide bonds. The number of alkyl halides is 6. The van der Waals surface area contributed by atoms with Crippen LogP contribution in [0.3, 0.4) is 0 Å². The van der Waals surface area contributed by atoms with E-state index in [-0.39, 0.29) is 32.4 Å². The van der Waals surface area contributed by atoms with Gasteiger partial charge in [-0.25, -0.2) is 8.42 Å². The van der Waals surface area contributed by atoms with Crippen LogP contribution >= 0.6 is 0 Å². The molecule has 2 N–H and O–H groups in total. The van der Waals surface area contributed by atoms with Crippen LogP contribution in [-0.4, -0.2) is 31.3 Å². The summed E-state index contributed by atoms with van der Waals surface area (Å²) < 4.78 is 118. The third-order valence-corrected chi connectivity index (χ3v) is 7.54. The molecule has 0 bridgehead atoms. The summed E-state index contributed by atoms with van der Waals surface area (Å²) in [5, 5.41) is 22.9. The Bertz CT molecular complexity index is 1640. The molecule has 224 valence electrons. The lowest BCUT2D eigenvalue weighted by Crippen LogP contribution is -2.08. The molecule has 0 fully saturated rings. The molecule has 4 aromatic carbocycles. The van der Waals surface area contributed by atoms with Crippen LogP contribution in [0, 0.1) is 0 Å². The average Bonchev–Trinajstić information content (AvgIpc) is 2.93. The second-order valence-corrected chi connectivity index (χ2v) is 10.6. The van der Waals surface area contributed by atoms with Crippen LogP contribution in [0.25, 0.3) is 0 Å². The molecule has 4 aromatic rings. The second-order valence-electron chi connectivity index (χ2n) is 8.65. The Labute approximate surface area is 239 Å². The van der Waals surface area contributed by atoms with Crippen molar-refractivity contribution in [2.45, 2.75) is 22.1 Å². The molecule has 0 saturated carbocycles. The second kappa shape index (κ2) is 12.1. The molecule has 0 unspecified atom stereocenters. The molecule has 0 aliphatic rings. The van der Waals surface area contributed by atoms with Crippen molar-refractivity contribution in [2.24, 2.45) is 10.3 Å². The smallest absolute Gasteiger partial charge is 0.419 e. The van der Waals surface area contributed by atoms with Gasteiger partial charge in [-0.3, -0.25) is 0 Å². The minimum Gasteiger partial charge on any atom is -0.457 e. The van der Waals surface area contributed by atoms with E-state index in [1.54, 1.807) is 0 Å². The predicted octanol–water partition coefficient (Wildman–Crippen LogP) is 7.76. The van der Waals surface area contributed by atoms with E-state index in [1.807, 2.05) is 0 Å². The van der Waals surface area contributed by atoms with Crippen molar-refractivity contribution < 1.29 is 54.6 Å². The van der Waals surface area contributed by atoms with Crippen LogP contribution in [0.1, 0.15) is 22.3 Å². The summed E-state index contributed by atoms with van der Waals surface area (Å²) in [5.74, 6) is -1.47. The Hall–Kier alpha value is -5.05. The fraction of sp³-hybridized carbons (Fsp3) is 0.0714. The van der Waals surface area contributed by atoms with Gasteiger partial charge in [0.1, 0.15) is 23.0 Å². The molecule has 0 heterocycles. The summed E-state index contributed by atoms with van der Waals surface area (Å²) in [6.07, 6.45) is -7.74. The van der Waals surface area contributed by atoms with Crippen LogP contribution in [0.5, 0.6) is 23.0 Å². The van der Waals surface area contributed by atoms with Crippen LogP contribution in [0.15, 0.2) is 105 Å². The summed E-state index contributed by atoms with van der Waals surface area (Å²) in [7, 11) is -4.17. The number of rotatable bonds is 8. The number of oxime groups is 2. The van der Waals surface area contributed by atoms with Gasteiger partial charge in [-0.05, 0) is 83.9 Å². The zero-order valence-corrected chi connectivity index (χ0v) is 22.2. The van der Waals surface area contributed by atoms with Gasteiger partial charge in [0, 0.05) is 0 Å². The Balaban J connectivity index is 1.56. The van der Waals surface area contributed by atoms with Crippen molar-refractivity contribution in [1.29, 1.82) is 0 Å². The number of sulfone groups is 1. The Morgan fingerprint density at radius 1 is 0.581 bits per heavy atom. The van der Waals surface area contributed by atoms with Gasteiger partial charge in [0.05, 0.1) is 33.3 Å². The Morgan fingerprint density at radius 3 is 1.23 bits per heavy atom. The summed E-state index contributed by atoms with van der Waals surface area (Å²) >= 11 is 0. The minimum absolute atomic E-state index is 0.110. The van der Waals surface area contributed by atoms with Gasteiger partial charge in [0.2, 0.25) is 9.84 Å². The van der Waals surface area contributed by atoms with Crippen molar-refractivity contribution >= 4 is 22.3 Å². The Morgan fingerprint density at radius 2 is 0.930 bits per heavy atom. The van der Waals surface area contributed by atoms with Gasteiger partial charge in [-0.1, -0.05) is 22.4 Å². The highest BCUT2D eigenvalue weighted by Gasteiger charge is 2.35. The van der Waals surface area contributed by atoms with E-state index < -0.39 is 44.8 Å². The summed E-state index contributed by atoms with van der Waals surface area (Å²) in [5.41, 5.74) is -2.01. The van der Waals surface area contributed by atoms with Crippen molar-refractivity contribution in [2.75, 3.05) is 0 Å². The molecule has 43 heavy (non-hydrogen) atoms. The third-order valence-electron chi connectivity index (χ3n) is 5.76. The van der Waals surface area contributed by atoms with Crippen molar-refractivity contribution in [1.82, 2.24) is 0 Å². The predicted molar refractivity (Wildman–Crippen MR) is 140 cm³/mol. The zero-order chi connectivity index (χ0) is 31.4. The van der Waals surface area contributed by atoms with Crippen molar-refractivity contribution in [3.05, 3.63) is 107 Å². The molecule has 0 spiro atoms. The molecule has 4 rings (SSSR count). The normalized spacial score (nSPS) is 12.6. The molecule has 0 radical (unpaired) electrons. The van der Waals surface area contributed by atoms with Gasteiger partial charge < -0.3 is 19.9 Å². The van der Waals surface area contributed by atoms with E-state index in [9.17, 15) is 34.8 Å². The lowest BCUT2D eigenvalue weighted by atomic mass is 10.1. The lowest BCUT2D eigenvalue weighted by molar-refractivity contribution is -0.139.